The summed E-state index contributed by atoms with van der Waals surface area (Å²) in [5, 5.41) is 14.4. The number of anilines is 2. The van der Waals surface area contributed by atoms with Crippen LogP contribution in [0.2, 0.25) is 0 Å². The van der Waals surface area contributed by atoms with Gasteiger partial charge >= 0.3 is 24.1 Å². The maximum atomic E-state index is 13.6. The van der Waals surface area contributed by atoms with Gasteiger partial charge in [-0.25, -0.2) is 0 Å². The van der Waals surface area contributed by atoms with E-state index in [-0.39, 0.29) is 54.2 Å². The lowest BCUT2D eigenvalue weighted by molar-refractivity contribution is -0.384. The first-order valence-corrected chi connectivity index (χ1v) is 16.9. The summed E-state index contributed by atoms with van der Waals surface area (Å²) >= 11 is 0. The van der Waals surface area contributed by atoms with Gasteiger partial charge in [0.1, 0.15) is 18.3 Å². The Morgan fingerprint density at radius 3 is 2.13 bits per heavy atom. The predicted molar refractivity (Wildman–Crippen MR) is 188 cm³/mol. The summed E-state index contributed by atoms with van der Waals surface area (Å²) in [5.74, 6) is -4.05. The number of carbonyl (C=O) groups is 5. The molecule has 1 saturated heterocycles. The monoisotopic (exact) mass is 756 g/mol. The van der Waals surface area contributed by atoms with E-state index < -0.39 is 76.6 Å². The van der Waals surface area contributed by atoms with E-state index in [0.29, 0.717) is 18.6 Å². The van der Waals surface area contributed by atoms with Gasteiger partial charge in [-0.1, -0.05) is 36.4 Å². The Kier molecular flexibility index (Phi) is 13.0. The third kappa shape index (κ3) is 8.95. The average Bonchev–Trinajstić information content (AvgIpc) is 3.62. The zero-order valence-electron chi connectivity index (χ0n) is 29.9. The van der Waals surface area contributed by atoms with Crippen LogP contribution < -0.4 is 10.2 Å². The van der Waals surface area contributed by atoms with E-state index in [1.165, 1.54) is 54.2 Å². The first-order chi connectivity index (χ1) is 25.5. The molecular weight excluding hydrogens is 717 g/mol. The van der Waals surface area contributed by atoms with E-state index in [4.69, 9.17) is 14.2 Å². The molecule has 0 unspecified atom stereocenters. The number of rotatable bonds is 14. The number of alkyl halides is 3. The van der Waals surface area contributed by atoms with Crippen LogP contribution in [0.4, 0.5) is 30.2 Å². The third-order valence-corrected chi connectivity index (χ3v) is 8.66. The molecule has 3 aromatic rings. The molecule has 54 heavy (non-hydrogen) atoms. The molecule has 0 radical (unpaired) electrons. The Bertz CT molecular complexity index is 1880. The summed E-state index contributed by atoms with van der Waals surface area (Å²) in [5.41, 5.74) is -3.84. The molecule has 1 atom stereocenters. The minimum Gasteiger partial charge on any atom is -0.465 e. The van der Waals surface area contributed by atoms with Crippen LogP contribution in [0, 0.1) is 10.1 Å². The van der Waals surface area contributed by atoms with Crippen molar-refractivity contribution in [2.24, 2.45) is 0 Å². The van der Waals surface area contributed by atoms with Crippen LogP contribution in [-0.2, 0) is 51.4 Å². The molecule has 1 fully saturated rings. The molecule has 1 heterocycles. The van der Waals surface area contributed by atoms with Crippen molar-refractivity contribution in [1.82, 2.24) is 4.90 Å². The second-order valence-corrected chi connectivity index (χ2v) is 12.4. The van der Waals surface area contributed by atoms with E-state index in [2.05, 4.69) is 5.32 Å². The number of nitrogens with zero attached hydrogens (tertiary/aromatic N) is 3. The van der Waals surface area contributed by atoms with Gasteiger partial charge in [0.15, 0.2) is 0 Å². The first-order valence-electron chi connectivity index (χ1n) is 16.9. The highest BCUT2D eigenvalue weighted by molar-refractivity contribution is 6.07. The highest BCUT2D eigenvalue weighted by Gasteiger charge is 2.52. The highest BCUT2D eigenvalue weighted by atomic mass is 19.4. The maximum absolute atomic E-state index is 13.6. The molecule has 4 rings (SSSR count). The summed E-state index contributed by atoms with van der Waals surface area (Å²) in [6, 6.07) is 13.1. The molecule has 0 bridgehead atoms. The van der Waals surface area contributed by atoms with Crippen LogP contribution in [-0.4, -0.2) is 86.0 Å². The van der Waals surface area contributed by atoms with Gasteiger partial charge in [0.05, 0.1) is 41.4 Å². The fourth-order valence-electron chi connectivity index (χ4n) is 6.02. The van der Waals surface area contributed by atoms with Gasteiger partial charge in [-0.15, -0.1) is 0 Å². The fourth-order valence-corrected chi connectivity index (χ4v) is 6.02. The first kappa shape index (κ1) is 40.8. The third-order valence-electron chi connectivity index (χ3n) is 8.66. The molecule has 3 aromatic carbocycles. The van der Waals surface area contributed by atoms with Crippen molar-refractivity contribution >= 4 is 46.8 Å². The average molecular weight is 757 g/mol. The van der Waals surface area contributed by atoms with E-state index >= 15 is 0 Å². The smallest absolute Gasteiger partial charge is 0.416 e. The topological polar surface area (TPSA) is 175 Å². The van der Waals surface area contributed by atoms with Gasteiger partial charge in [0, 0.05) is 26.7 Å². The molecule has 288 valence electrons. The van der Waals surface area contributed by atoms with Gasteiger partial charge in [-0.2, -0.15) is 13.2 Å². The Balaban J connectivity index is 1.58. The Labute approximate surface area is 308 Å². The van der Waals surface area contributed by atoms with Crippen LogP contribution >= 0.6 is 0 Å². The van der Waals surface area contributed by atoms with Crippen LogP contribution in [0.3, 0.4) is 0 Å². The molecule has 0 spiro atoms. The second kappa shape index (κ2) is 17.2. The van der Waals surface area contributed by atoms with Crippen LogP contribution in [0.15, 0.2) is 66.7 Å². The zero-order valence-corrected chi connectivity index (χ0v) is 29.9. The number of carbonyl (C=O) groups excluding carboxylic acids is 5. The molecule has 0 saturated carbocycles. The van der Waals surface area contributed by atoms with Gasteiger partial charge in [0.25, 0.3) is 11.6 Å². The van der Waals surface area contributed by atoms with Gasteiger partial charge in [-0.3, -0.25) is 34.1 Å². The van der Waals surface area contributed by atoms with Crippen molar-refractivity contribution in [3.8, 4) is 0 Å². The quantitative estimate of drug-likeness (QED) is 0.0765. The Morgan fingerprint density at radius 1 is 0.907 bits per heavy atom. The highest BCUT2D eigenvalue weighted by Crippen LogP contribution is 2.39. The molecule has 0 aliphatic carbocycles. The minimum atomic E-state index is -4.82. The number of nitrogens with one attached hydrogen (secondary N) is 1. The number of nitro groups is 1. The molecule has 1 aliphatic rings. The van der Waals surface area contributed by atoms with Crippen LogP contribution in [0.25, 0.3) is 0 Å². The Morgan fingerprint density at radius 2 is 1.56 bits per heavy atom. The number of halogens is 3. The summed E-state index contributed by atoms with van der Waals surface area (Å²) in [4.78, 5) is 80.1. The molecule has 2 amide bonds. The molecule has 0 aromatic heterocycles. The van der Waals surface area contributed by atoms with Gasteiger partial charge < -0.3 is 29.3 Å². The molecular formula is C37H39F3N4O10. The molecule has 1 N–H and O–H groups in total. The predicted octanol–water partition coefficient (Wildman–Crippen LogP) is 5.07. The van der Waals surface area contributed by atoms with Crippen LogP contribution in [0.5, 0.6) is 0 Å². The van der Waals surface area contributed by atoms with Crippen molar-refractivity contribution in [1.29, 1.82) is 0 Å². The normalized spacial score (nSPS) is 14.2. The van der Waals surface area contributed by atoms with E-state index in [9.17, 15) is 47.3 Å². The number of ether oxygens (including phenoxy) is 3. The fraction of sp³-hybridized carbons (Fsp3) is 0.378. The summed E-state index contributed by atoms with van der Waals surface area (Å²) in [6.07, 6.45) is -4.63. The molecule has 17 heteroatoms. The summed E-state index contributed by atoms with van der Waals surface area (Å²) in [6.45, 7) is 2.37. The van der Waals surface area contributed by atoms with Crippen LogP contribution in [0.1, 0.15) is 53.7 Å². The Hall–Kier alpha value is -6.00. The number of amides is 2. The number of esters is 3. The van der Waals surface area contributed by atoms with Gasteiger partial charge in [-0.05, 0) is 62.1 Å². The summed E-state index contributed by atoms with van der Waals surface area (Å²) in [7, 11) is 2.93. The lowest BCUT2D eigenvalue weighted by Gasteiger charge is -2.29. The summed E-state index contributed by atoms with van der Waals surface area (Å²) < 4.78 is 55.9. The van der Waals surface area contributed by atoms with Crippen molar-refractivity contribution < 1.29 is 56.3 Å². The number of hydrogen-bond acceptors (Lipinski definition) is 11. The standard InChI is InChI=1S/C37H39F3N4O10/c1-5-52-34(48)36(35(49)53-6-2,24-11-8-7-9-12-24)22-54-31(45)20-23-14-16-27(26(19-23)33(47)42(3)4)41-32(46)29-13-10-18-43(29)28-17-15-25(37(38,39)40)21-30(28)44(50)51/h7-9,11-12,14-17,19,21,29H,5-6,10,13,18,20,22H2,1-4H3,(H,41,46)/t29-/m0/s1. The number of benzene rings is 3. The van der Waals surface area contributed by atoms with Crippen molar-refractivity contribution in [3.05, 3.63) is 99.1 Å². The van der Waals surface area contributed by atoms with Crippen molar-refractivity contribution in [2.45, 2.75) is 50.7 Å². The van der Waals surface area contributed by atoms with Crippen molar-refractivity contribution in [3.63, 3.8) is 0 Å². The minimum absolute atomic E-state index is 0.0274. The number of hydrogen-bond donors (Lipinski definition) is 1. The lowest BCUT2D eigenvalue weighted by atomic mass is 9.81. The van der Waals surface area contributed by atoms with E-state index in [1.54, 1.807) is 32.0 Å². The maximum Gasteiger partial charge on any atom is 0.416 e. The van der Waals surface area contributed by atoms with E-state index in [0.717, 1.165) is 6.07 Å². The van der Waals surface area contributed by atoms with Crippen molar-refractivity contribution in [2.75, 3.05) is 50.7 Å². The molecule has 14 nitrogen and oxygen atoms in total. The number of nitro benzene ring substituents is 1. The SMILES string of the molecule is CCOC(=O)C(COC(=O)Cc1ccc(NC(=O)[C@@H]2CCCN2c2ccc(C(F)(F)F)cc2[N+](=O)[O-])c(C(=O)N(C)C)c1)(C(=O)OCC)c1ccccc1. The second-order valence-electron chi connectivity index (χ2n) is 12.4. The van der Waals surface area contributed by atoms with Gasteiger partial charge in [0.2, 0.25) is 11.3 Å². The largest absolute Gasteiger partial charge is 0.465 e. The molecule has 1 aliphatic heterocycles. The van der Waals surface area contributed by atoms with E-state index in [1.807, 2.05) is 0 Å². The lowest BCUT2D eigenvalue weighted by Crippen LogP contribution is -2.50. The zero-order chi connectivity index (χ0) is 39.8.